The molecule has 0 N–H and O–H groups in total. The SMILES string of the molecule is O=C1CCCN1Cc1ccco1. The van der Waals surface area contributed by atoms with E-state index in [1.807, 2.05) is 17.0 Å². The molecule has 64 valence electrons. The Morgan fingerprint density at radius 3 is 3.08 bits per heavy atom. The molecule has 0 atom stereocenters. The summed E-state index contributed by atoms with van der Waals surface area (Å²) in [4.78, 5) is 13.0. The van der Waals surface area contributed by atoms with Crippen molar-refractivity contribution in [2.24, 2.45) is 0 Å². The zero-order valence-electron chi connectivity index (χ0n) is 6.82. The number of rotatable bonds is 2. The van der Waals surface area contributed by atoms with Crippen molar-refractivity contribution in [2.45, 2.75) is 19.4 Å². The van der Waals surface area contributed by atoms with Crippen LogP contribution in [0.25, 0.3) is 0 Å². The quantitative estimate of drug-likeness (QED) is 0.663. The van der Waals surface area contributed by atoms with E-state index >= 15 is 0 Å². The minimum atomic E-state index is 0.242. The first-order valence-corrected chi connectivity index (χ1v) is 4.16. The van der Waals surface area contributed by atoms with Crippen molar-refractivity contribution in [1.82, 2.24) is 4.90 Å². The molecule has 0 bridgehead atoms. The molecule has 1 aliphatic rings. The molecule has 1 aliphatic heterocycles. The molecule has 1 aromatic heterocycles. The van der Waals surface area contributed by atoms with Gasteiger partial charge in [0.2, 0.25) is 5.91 Å². The average molecular weight is 165 g/mol. The summed E-state index contributed by atoms with van der Waals surface area (Å²) in [6.07, 6.45) is 3.32. The van der Waals surface area contributed by atoms with Crippen LogP contribution in [-0.4, -0.2) is 17.4 Å². The van der Waals surface area contributed by atoms with Gasteiger partial charge in [-0.25, -0.2) is 0 Å². The van der Waals surface area contributed by atoms with Gasteiger partial charge in [0, 0.05) is 13.0 Å². The second-order valence-corrected chi connectivity index (χ2v) is 3.00. The lowest BCUT2D eigenvalue weighted by Crippen LogP contribution is -2.23. The van der Waals surface area contributed by atoms with Gasteiger partial charge in [0.05, 0.1) is 12.8 Å². The normalized spacial score (nSPS) is 17.3. The van der Waals surface area contributed by atoms with E-state index in [0.29, 0.717) is 13.0 Å². The third kappa shape index (κ3) is 1.35. The van der Waals surface area contributed by atoms with E-state index in [2.05, 4.69) is 0 Å². The van der Waals surface area contributed by atoms with Gasteiger partial charge < -0.3 is 9.32 Å². The van der Waals surface area contributed by atoms with Gasteiger partial charge in [0.1, 0.15) is 5.76 Å². The first-order chi connectivity index (χ1) is 5.86. The Morgan fingerprint density at radius 2 is 2.50 bits per heavy atom. The number of hydrogen-bond donors (Lipinski definition) is 0. The lowest BCUT2D eigenvalue weighted by atomic mass is 10.4. The lowest BCUT2D eigenvalue weighted by molar-refractivity contribution is -0.128. The van der Waals surface area contributed by atoms with Crippen molar-refractivity contribution < 1.29 is 9.21 Å². The second kappa shape index (κ2) is 3.01. The number of amides is 1. The molecule has 3 heteroatoms. The van der Waals surface area contributed by atoms with Crippen LogP contribution in [0.4, 0.5) is 0 Å². The summed E-state index contributed by atoms with van der Waals surface area (Å²) >= 11 is 0. The highest BCUT2D eigenvalue weighted by atomic mass is 16.3. The fraction of sp³-hybridized carbons (Fsp3) is 0.444. The smallest absolute Gasteiger partial charge is 0.223 e. The third-order valence-electron chi connectivity index (χ3n) is 2.10. The van der Waals surface area contributed by atoms with Gasteiger partial charge in [-0.3, -0.25) is 4.79 Å². The molecule has 0 aliphatic carbocycles. The largest absolute Gasteiger partial charge is 0.467 e. The van der Waals surface area contributed by atoms with Gasteiger partial charge in [-0.15, -0.1) is 0 Å². The van der Waals surface area contributed by atoms with Crippen LogP contribution in [-0.2, 0) is 11.3 Å². The minimum absolute atomic E-state index is 0.242. The number of nitrogens with zero attached hydrogens (tertiary/aromatic N) is 1. The summed E-state index contributed by atoms with van der Waals surface area (Å²) < 4.78 is 5.15. The maximum absolute atomic E-state index is 11.2. The Bertz CT molecular complexity index is 266. The van der Waals surface area contributed by atoms with Crippen LogP contribution in [0.3, 0.4) is 0 Å². The van der Waals surface area contributed by atoms with Crippen LogP contribution in [0.5, 0.6) is 0 Å². The highest BCUT2D eigenvalue weighted by molar-refractivity contribution is 5.77. The van der Waals surface area contributed by atoms with E-state index in [4.69, 9.17) is 4.42 Å². The number of hydrogen-bond acceptors (Lipinski definition) is 2. The topological polar surface area (TPSA) is 33.5 Å². The second-order valence-electron chi connectivity index (χ2n) is 3.00. The van der Waals surface area contributed by atoms with Gasteiger partial charge in [-0.2, -0.15) is 0 Å². The molecule has 0 radical (unpaired) electrons. The Balaban J connectivity index is 1.99. The van der Waals surface area contributed by atoms with Gasteiger partial charge in [-0.05, 0) is 18.6 Å². The zero-order valence-corrected chi connectivity index (χ0v) is 6.82. The molecule has 0 aromatic carbocycles. The molecule has 1 amide bonds. The molecule has 0 spiro atoms. The molecule has 1 saturated heterocycles. The summed E-state index contributed by atoms with van der Waals surface area (Å²) in [7, 11) is 0. The average Bonchev–Trinajstić information content (AvgIpc) is 2.65. The maximum atomic E-state index is 11.2. The lowest BCUT2D eigenvalue weighted by Gasteiger charge is -2.12. The molecular formula is C9H11NO2. The van der Waals surface area contributed by atoms with Crippen LogP contribution >= 0.6 is 0 Å². The van der Waals surface area contributed by atoms with E-state index < -0.39 is 0 Å². The fourth-order valence-electron chi connectivity index (χ4n) is 1.46. The third-order valence-corrected chi connectivity index (χ3v) is 2.10. The summed E-state index contributed by atoms with van der Waals surface area (Å²) in [6.45, 7) is 1.51. The minimum Gasteiger partial charge on any atom is -0.467 e. The fourth-order valence-corrected chi connectivity index (χ4v) is 1.46. The van der Waals surface area contributed by atoms with Crippen LogP contribution < -0.4 is 0 Å². The van der Waals surface area contributed by atoms with Crippen molar-refractivity contribution in [3.05, 3.63) is 24.2 Å². The van der Waals surface area contributed by atoms with Crippen molar-refractivity contribution in [2.75, 3.05) is 6.54 Å². The van der Waals surface area contributed by atoms with E-state index in [9.17, 15) is 4.79 Å². The standard InChI is InChI=1S/C9H11NO2/c11-9-4-1-5-10(9)7-8-3-2-6-12-8/h2-3,6H,1,4-5,7H2. The van der Waals surface area contributed by atoms with Crippen molar-refractivity contribution in [3.8, 4) is 0 Å². The molecule has 12 heavy (non-hydrogen) atoms. The zero-order chi connectivity index (χ0) is 8.39. The molecule has 2 heterocycles. The van der Waals surface area contributed by atoms with Crippen molar-refractivity contribution in [3.63, 3.8) is 0 Å². The maximum Gasteiger partial charge on any atom is 0.223 e. The Kier molecular flexibility index (Phi) is 1.86. The van der Waals surface area contributed by atoms with Gasteiger partial charge >= 0.3 is 0 Å². The molecular weight excluding hydrogens is 154 g/mol. The number of furan rings is 1. The number of carbonyl (C=O) groups is 1. The Labute approximate surface area is 71.0 Å². The predicted octanol–water partition coefficient (Wildman–Crippen LogP) is 1.40. The summed E-state index contributed by atoms with van der Waals surface area (Å²) in [5, 5.41) is 0. The van der Waals surface area contributed by atoms with Crippen molar-refractivity contribution in [1.29, 1.82) is 0 Å². The van der Waals surface area contributed by atoms with E-state index in [0.717, 1.165) is 18.7 Å². The highest BCUT2D eigenvalue weighted by Gasteiger charge is 2.20. The first-order valence-electron chi connectivity index (χ1n) is 4.16. The van der Waals surface area contributed by atoms with Crippen molar-refractivity contribution >= 4 is 5.91 Å². The summed E-state index contributed by atoms with van der Waals surface area (Å²) in [6, 6.07) is 3.74. The van der Waals surface area contributed by atoms with Gasteiger partial charge in [0.25, 0.3) is 0 Å². The predicted molar refractivity (Wildman–Crippen MR) is 43.4 cm³/mol. The van der Waals surface area contributed by atoms with E-state index in [1.165, 1.54) is 0 Å². The summed E-state index contributed by atoms with van der Waals surface area (Å²) in [5.74, 6) is 1.11. The van der Waals surface area contributed by atoms with Gasteiger partial charge in [0.15, 0.2) is 0 Å². The van der Waals surface area contributed by atoms with Crippen LogP contribution in [0.1, 0.15) is 18.6 Å². The van der Waals surface area contributed by atoms with Crippen LogP contribution in [0.15, 0.2) is 22.8 Å². The number of likely N-dealkylation sites (tertiary alicyclic amines) is 1. The first kappa shape index (κ1) is 7.40. The highest BCUT2D eigenvalue weighted by Crippen LogP contribution is 2.13. The molecule has 3 nitrogen and oxygen atoms in total. The molecule has 0 saturated carbocycles. The Hall–Kier alpha value is -1.25. The van der Waals surface area contributed by atoms with Crippen LogP contribution in [0.2, 0.25) is 0 Å². The van der Waals surface area contributed by atoms with E-state index in [1.54, 1.807) is 6.26 Å². The summed E-state index contributed by atoms with van der Waals surface area (Å²) in [5.41, 5.74) is 0. The number of carbonyl (C=O) groups excluding carboxylic acids is 1. The molecule has 2 rings (SSSR count). The molecule has 0 unspecified atom stereocenters. The van der Waals surface area contributed by atoms with Gasteiger partial charge in [-0.1, -0.05) is 0 Å². The molecule has 1 fully saturated rings. The van der Waals surface area contributed by atoms with E-state index in [-0.39, 0.29) is 5.91 Å². The Morgan fingerprint density at radius 1 is 1.58 bits per heavy atom. The van der Waals surface area contributed by atoms with Crippen LogP contribution in [0, 0.1) is 0 Å². The monoisotopic (exact) mass is 165 g/mol. The molecule has 1 aromatic rings.